The van der Waals surface area contributed by atoms with E-state index in [4.69, 9.17) is 0 Å². The minimum absolute atomic E-state index is 0.128. The van der Waals surface area contributed by atoms with Gasteiger partial charge in [-0.15, -0.1) is 0 Å². The first-order valence-corrected chi connectivity index (χ1v) is 9.82. The minimum Gasteiger partial charge on any atom is -0.352 e. The Morgan fingerprint density at radius 1 is 1.17 bits per heavy atom. The van der Waals surface area contributed by atoms with Crippen molar-refractivity contribution in [1.29, 1.82) is 0 Å². The first-order chi connectivity index (χ1) is 14.2. The Morgan fingerprint density at radius 3 is 2.57 bits per heavy atom. The third-order valence-corrected chi connectivity index (χ3v) is 6.12. The van der Waals surface area contributed by atoms with Gasteiger partial charge in [0.1, 0.15) is 0 Å². The van der Waals surface area contributed by atoms with Gasteiger partial charge in [0.25, 0.3) is 5.91 Å². The number of fused-ring (bicyclic) bond motifs is 1. The van der Waals surface area contributed by atoms with Crippen LogP contribution in [-0.2, 0) is 6.42 Å². The van der Waals surface area contributed by atoms with Crippen molar-refractivity contribution in [1.82, 2.24) is 10.2 Å². The lowest BCUT2D eigenvalue weighted by molar-refractivity contribution is 0.0946. The van der Waals surface area contributed by atoms with Gasteiger partial charge in [-0.2, -0.15) is 0 Å². The predicted molar refractivity (Wildman–Crippen MR) is 106 cm³/mol. The van der Waals surface area contributed by atoms with Gasteiger partial charge in [0.15, 0.2) is 17.5 Å². The number of urea groups is 1. The van der Waals surface area contributed by atoms with Crippen molar-refractivity contribution in [3.63, 3.8) is 0 Å². The largest absolute Gasteiger partial charge is 0.352 e. The first-order valence-electron chi connectivity index (χ1n) is 9.82. The molecule has 2 aromatic carbocycles. The summed E-state index contributed by atoms with van der Waals surface area (Å²) in [6.07, 6.45) is 1.18. The summed E-state index contributed by atoms with van der Waals surface area (Å²) in [6, 6.07) is 6.80. The fourth-order valence-corrected chi connectivity index (χ4v) is 4.50. The summed E-state index contributed by atoms with van der Waals surface area (Å²) in [7, 11) is 0. The van der Waals surface area contributed by atoms with Crippen molar-refractivity contribution < 1.29 is 22.8 Å². The number of amides is 3. The second kappa shape index (κ2) is 7.34. The Bertz CT molecular complexity index is 1020. The van der Waals surface area contributed by atoms with E-state index in [0.29, 0.717) is 42.7 Å². The van der Waals surface area contributed by atoms with Crippen molar-refractivity contribution in [3.05, 3.63) is 64.5 Å². The van der Waals surface area contributed by atoms with Gasteiger partial charge in [0.2, 0.25) is 0 Å². The van der Waals surface area contributed by atoms with E-state index in [1.54, 1.807) is 23.1 Å². The standard InChI is InChI=1S/C22H22F3N3O2/c1-22(2)16(13-10-17(23)19(25)18(24)11-13)6-8-28(22)21(30)27-14-3-4-15-12(9-14)5-7-26-20(15)29/h3-4,9-11,16H,5-8H2,1-2H3,(H,26,29)(H,27,30). The summed E-state index contributed by atoms with van der Waals surface area (Å²) >= 11 is 0. The normalized spacial score (nSPS) is 20.0. The van der Waals surface area contributed by atoms with Crippen LogP contribution >= 0.6 is 0 Å². The third-order valence-electron chi connectivity index (χ3n) is 6.12. The van der Waals surface area contributed by atoms with E-state index >= 15 is 0 Å². The molecule has 4 rings (SSSR count). The average Bonchev–Trinajstić information content (AvgIpc) is 3.00. The minimum atomic E-state index is -1.50. The molecule has 2 aliphatic heterocycles. The topological polar surface area (TPSA) is 61.4 Å². The molecular weight excluding hydrogens is 395 g/mol. The molecule has 0 saturated carbocycles. The van der Waals surface area contributed by atoms with Crippen LogP contribution in [-0.4, -0.2) is 35.5 Å². The molecule has 0 aliphatic carbocycles. The molecule has 2 aliphatic rings. The Balaban J connectivity index is 1.54. The monoisotopic (exact) mass is 417 g/mol. The highest BCUT2D eigenvalue weighted by molar-refractivity contribution is 5.98. The van der Waals surface area contributed by atoms with Gasteiger partial charge < -0.3 is 15.5 Å². The quantitative estimate of drug-likeness (QED) is 0.720. The highest BCUT2D eigenvalue weighted by Gasteiger charge is 2.45. The maximum atomic E-state index is 13.7. The molecule has 3 amide bonds. The van der Waals surface area contributed by atoms with E-state index in [0.717, 1.165) is 17.7 Å². The van der Waals surface area contributed by atoms with E-state index in [-0.39, 0.29) is 17.9 Å². The summed E-state index contributed by atoms with van der Waals surface area (Å²) in [4.78, 5) is 26.4. The number of anilines is 1. The van der Waals surface area contributed by atoms with Crippen molar-refractivity contribution >= 4 is 17.6 Å². The molecule has 1 saturated heterocycles. The number of hydrogen-bond acceptors (Lipinski definition) is 2. The second-order valence-corrected chi connectivity index (χ2v) is 8.25. The number of nitrogens with zero attached hydrogens (tertiary/aromatic N) is 1. The highest BCUT2D eigenvalue weighted by atomic mass is 19.2. The van der Waals surface area contributed by atoms with Gasteiger partial charge in [0, 0.05) is 35.8 Å². The van der Waals surface area contributed by atoms with Gasteiger partial charge in [-0.3, -0.25) is 4.79 Å². The molecule has 2 heterocycles. The maximum absolute atomic E-state index is 13.7. The number of carbonyl (C=O) groups excluding carboxylic acids is 2. The summed E-state index contributed by atoms with van der Waals surface area (Å²) in [5, 5.41) is 5.63. The van der Waals surface area contributed by atoms with E-state index in [9.17, 15) is 22.8 Å². The first kappa shape index (κ1) is 20.3. The van der Waals surface area contributed by atoms with Gasteiger partial charge in [0.05, 0.1) is 0 Å². The van der Waals surface area contributed by atoms with Gasteiger partial charge in [-0.05, 0) is 68.1 Å². The van der Waals surface area contributed by atoms with Gasteiger partial charge in [-0.25, -0.2) is 18.0 Å². The molecule has 2 aromatic rings. The highest BCUT2D eigenvalue weighted by Crippen LogP contribution is 2.42. The maximum Gasteiger partial charge on any atom is 0.322 e. The number of nitrogens with one attached hydrogen (secondary N) is 2. The average molecular weight is 417 g/mol. The van der Waals surface area contributed by atoms with Crippen LogP contribution in [0.4, 0.5) is 23.7 Å². The van der Waals surface area contributed by atoms with Crippen LogP contribution in [0.2, 0.25) is 0 Å². The summed E-state index contributed by atoms with van der Waals surface area (Å²) in [5.74, 6) is -4.44. The van der Waals surface area contributed by atoms with Crippen molar-refractivity contribution in [2.24, 2.45) is 0 Å². The van der Waals surface area contributed by atoms with Crippen LogP contribution in [0.25, 0.3) is 0 Å². The predicted octanol–water partition coefficient (Wildman–Crippen LogP) is 4.19. The molecule has 0 spiro atoms. The number of likely N-dealkylation sites (tertiary alicyclic amines) is 1. The van der Waals surface area contributed by atoms with Crippen molar-refractivity contribution in [2.75, 3.05) is 18.4 Å². The zero-order chi connectivity index (χ0) is 21.6. The fourth-order valence-electron chi connectivity index (χ4n) is 4.50. The van der Waals surface area contributed by atoms with Gasteiger partial charge >= 0.3 is 6.03 Å². The van der Waals surface area contributed by atoms with Crippen LogP contribution in [0.5, 0.6) is 0 Å². The molecule has 0 bridgehead atoms. The Labute approximate surface area is 172 Å². The molecule has 8 heteroatoms. The lowest BCUT2D eigenvalue weighted by atomic mass is 9.82. The number of benzene rings is 2. The van der Waals surface area contributed by atoms with E-state index in [1.165, 1.54) is 0 Å². The van der Waals surface area contributed by atoms with Crippen LogP contribution in [0.3, 0.4) is 0 Å². The summed E-state index contributed by atoms with van der Waals surface area (Å²) in [5.41, 5.74) is 1.63. The Hall–Kier alpha value is -3.03. The van der Waals surface area contributed by atoms with Gasteiger partial charge in [-0.1, -0.05) is 0 Å². The SMILES string of the molecule is CC1(C)C(c2cc(F)c(F)c(F)c2)CCN1C(=O)Nc1ccc2c(c1)CCNC2=O. The Morgan fingerprint density at radius 2 is 1.87 bits per heavy atom. The smallest absolute Gasteiger partial charge is 0.322 e. The molecule has 30 heavy (non-hydrogen) atoms. The van der Waals surface area contributed by atoms with E-state index in [2.05, 4.69) is 10.6 Å². The summed E-state index contributed by atoms with van der Waals surface area (Å²) in [6.45, 7) is 4.58. The lowest BCUT2D eigenvalue weighted by Crippen LogP contribution is -2.47. The third kappa shape index (κ3) is 3.40. The molecular formula is C22H22F3N3O2. The van der Waals surface area contributed by atoms with Crippen LogP contribution < -0.4 is 10.6 Å². The van der Waals surface area contributed by atoms with E-state index < -0.39 is 23.0 Å². The summed E-state index contributed by atoms with van der Waals surface area (Å²) < 4.78 is 40.8. The lowest BCUT2D eigenvalue weighted by Gasteiger charge is -2.36. The molecule has 1 atom stereocenters. The molecule has 2 N–H and O–H groups in total. The second-order valence-electron chi connectivity index (χ2n) is 8.25. The molecule has 1 unspecified atom stereocenters. The molecule has 1 fully saturated rings. The van der Waals surface area contributed by atoms with Crippen LogP contribution in [0.15, 0.2) is 30.3 Å². The fraction of sp³-hybridized carbons (Fsp3) is 0.364. The molecule has 158 valence electrons. The Kier molecular flexibility index (Phi) is 4.95. The molecule has 5 nitrogen and oxygen atoms in total. The number of carbonyl (C=O) groups is 2. The van der Waals surface area contributed by atoms with Crippen LogP contribution in [0.1, 0.15) is 47.7 Å². The molecule has 0 radical (unpaired) electrons. The zero-order valence-corrected chi connectivity index (χ0v) is 16.7. The number of halogens is 3. The number of rotatable bonds is 2. The van der Waals surface area contributed by atoms with E-state index in [1.807, 2.05) is 13.8 Å². The van der Waals surface area contributed by atoms with Crippen LogP contribution in [0, 0.1) is 17.5 Å². The molecule has 0 aromatic heterocycles. The zero-order valence-electron chi connectivity index (χ0n) is 16.7. The van der Waals surface area contributed by atoms with Crippen molar-refractivity contribution in [3.8, 4) is 0 Å². The number of hydrogen-bond donors (Lipinski definition) is 2. The van der Waals surface area contributed by atoms with Crippen molar-refractivity contribution in [2.45, 2.75) is 38.1 Å².